The third kappa shape index (κ3) is 1.65. The van der Waals surface area contributed by atoms with Gasteiger partial charge in [0.25, 0.3) is 0 Å². The summed E-state index contributed by atoms with van der Waals surface area (Å²) in [6, 6.07) is 3.21. The second-order valence-electron chi connectivity index (χ2n) is 4.40. The second-order valence-corrected chi connectivity index (χ2v) is 4.40. The first-order valence-electron chi connectivity index (χ1n) is 5.21. The fourth-order valence-electron chi connectivity index (χ4n) is 2.08. The summed E-state index contributed by atoms with van der Waals surface area (Å²) in [7, 11) is 0. The van der Waals surface area contributed by atoms with E-state index in [1.807, 2.05) is 6.07 Å². The van der Waals surface area contributed by atoms with Gasteiger partial charge in [0.2, 0.25) is 0 Å². The molecule has 0 radical (unpaired) electrons. The van der Waals surface area contributed by atoms with E-state index < -0.39 is 12.5 Å². The molecule has 0 heterocycles. The number of benzene rings is 1. The van der Waals surface area contributed by atoms with Crippen molar-refractivity contribution in [2.24, 2.45) is 5.73 Å². The van der Waals surface area contributed by atoms with Gasteiger partial charge in [-0.25, -0.2) is 8.78 Å². The lowest BCUT2D eigenvalue weighted by atomic mass is 9.72. The summed E-state index contributed by atoms with van der Waals surface area (Å²) >= 11 is 0. The lowest BCUT2D eigenvalue weighted by molar-refractivity contribution is 0.252. The van der Waals surface area contributed by atoms with E-state index in [0.29, 0.717) is 5.56 Å². The molecule has 3 heteroatoms. The van der Waals surface area contributed by atoms with Gasteiger partial charge in [0.15, 0.2) is 0 Å². The van der Waals surface area contributed by atoms with E-state index in [4.69, 9.17) is 5.73 Å². The van der Waals surface area contributed by atoms with E-state index in [0.717, 1.165) is 24.8 Å². The van der Waals surface area contributed by atoms with Crippen molar-refractivity contribution in [2.45, 2.75) is 38.4 Å². The Balaban J connectivity index is 2.43. The molecule has 0 saturated heterocycles. The molecule has 1 aliphatic carbocycles. The molecule has 0 bridgehead atoms. The van der Waals surface area contributed by atoms with Crippen molar-refractivity contribution in [1.29, 1.82) is 0 Å². The van der Waals surface area contributed by atoms with Crippen molar-refractivity contribution in [3.05, 3.63) is 34.6 Å². The molecule has 2 N–H and O–H groups in total. The number of aryl methyl sites for hydroxylation is 1. The average Bonchev–Trinajstić information content (AvgIpc) is 2.13. The van der Waals surface area contributed by atoms with Crippen molar-refractivity contribution >= 4 is 0 Å². The van der Waals surface area contributed by atoms with Gasteiger partial charge in [0.1, 0.15) is 12.5 Å². The molecular formula is C12H15F2N. The summed E-state index contributed by atoms with van der Waals surface area (Å²) in [5, 5.41) is 0. The number of hydrogen-bond acceptors (Lipinski definition) is 1. The normalized spacial score (nSPS) is 18.7. The van der Waals surface area contributed by atoms with Crippen LogP contribution in [0.3, 0.4) is 0 Å². The molecule has 1 saturated carbocycles. The molecule has 15 heavy (non-hydrogen) atoms. The van der Waals surface area contributed by atoms with Crippen LogP contribution in [0.15, 0.2) is 12.1 Å². The Kier molecular flexibility index (Phi) is 2.51. The van der Waals surface area contributed by atoms with E-state index in [1.54, 1.807) is 6.92 Å². The Bertz CT molecular complexity index is 360. The van der Waals surface area contributed by atoms with E-state index in [1.165, 1.54) is 6.07 Å². The van der Waals surface area contributed by atoms with Gasteiger partial charge in [-0.1, -0.05) is 6.07 Å². The van der Waals surface area contributed by atoms with Crippen LogP contribution in [0.2, 0.25) is 0 Å². The van der Waals surface area contributed by atoms with Gasteiger partial charge in [-0.05, 0) is 43.4 Å². The van der Waals surface area contributed by atoms with Gasteiger partial charge in [0.05, 0.1) is 0 Å². The number of halogens is 2. The van der Waals surface area contributed by atoms with Crippen molar-refractivity contribution in [3.63, 3.8) is 0 Å². The monoisotopic (exact) mass is 211 g/mol. The number of hydrogen-bond donors (Lipinski definition) is 1. The highest BCUT2D eigenvalue weighted by Gasteiger charge is 2.35. The summed E-state index contributed by atoms with van der Waals surface area (Å²) in [6.07, 6.45) is 2.86. The van der Waals surface area contributed by atoms with Gasteiger partial charge in [-0.15, -0.1) is 0 Å². The first kappa shape index (κ1) is 10.6. The third-order valence-electron chi connectivity index (χ3n) is 3.37. The molecule has 0 unspecified atom stereocenters. The molecule has 0 aromatic heterocycles. The minimum atomic E-state index is -0.754. The standard InChI is InChI=1S/C12H15F2N/c1-8-5-9(12(15)3-2-4-12)6-11(14)10(8)7-13/h5-6H,2-4,7,15H2,1H3. The third-order valence-corrected chi connectivity index (χ3v) is 3.37. The van der Waals surface area contributed by atoms with E-state index in [-0.39, 0.29) is 11.1 Å². The first-order valence-corrected chi connectivity index (χ1v) is 5.21. The summed E-state index contributed by atoms with van der Waals surface area (Å²) in [5.74, 6) is -0.468. The fraction of sp³-hybridized carbons (Fsp3) is 0.500. The van der Waals surface area contributed by atoms with Crippen LogP contribution in [0.25, 0.3) is 0 Å². The van der Waals surface area contributed by atoms with Crippen LogP contribution in [0, 0.1) is 12.7 Å². The van der Waals surface area contributed by atoms with Crippen molar-refractivity contribution in [3.8, 4) is 0 Å². The van der Waals surface area contributed by atoms with E-state index in [9.17, 15) is 8.78 Å². The van der Waals surface area contributed by atoms with Crippen molar-refractivity contribution in [2.75, 3.05) is 0 Å². The zero-order valence-electron chi connectivity index (χ0n) is 8.82. The Hall–Kier alpha value is -0.960. The fourth-order valence-corrected chi connectivity index (χ4v) is 2.08. The van der Waals surface area contributed by atoms with Crippen molar-refractivity contribution in [1.82, 2.24) is 0 Å². The topological polar surface area (TPSA) is 26.0 Å². The van der Waals surface area contributed by atoms with Crippen LogP contribution < -0.4 is 5.73 Å². The van der Waals surface area contributed by atoms with Gasteiger partial charge in [-0.2, -0.15) is 0 Å². The molecule has 0 atom stereocenters. The predicted molar refractivity (Wildman–Crippen MR) is 55.7 cm³/mol. The maximum absolute atomic E-state index is 13.5. The number of nitrogens with two attached hydrogens (primary N) is 1. The quantitative estimate of drug-likeness (QED) is 0.799. The van der Waals surface area contributed by atoms with Crippen LogP contribution in [-0.2, 0) is 12.2 Å². The maximum atomic E-state index is 13.5. The molecule has 1 nitrogen and oxygen atoms in total. The predicted octanol–water partition coefficient (Wildman–Crippen LogP) is 2.94. The van der Waals surface area contributed by atoms with Gasteiger partial charge in [-0.3, -0.25) is 0 Å². The minimum Gasteiger partial charge on any atom is -0.321 e. The number of rotatable bonds is 2. The molecule has 1 aromatic rings. The Morgan fingerprint density at radius 3 is 2.47 bits per heavy atom. The van der Waals surface area contributed by atoms with Crippen LogP contribution in [0.5, 0.6) is 0 Å². The molecular weight excluding hydrogens is 196 g/mol. The Morgan fingerprint density at radius 1 is 1.40 bits per heavy atom. The van der Waals surface area contributed by atoms with Crippen LogP contribution in [-0.4, -0.2) is 0 Å². The van der Waals surface area contributed by atoms with Gasteiger partial charge >= 0.3 is 0 Å². The van der Waals surface area contributed by atoms with Gasteiger partial charge < -0.3 is 5.73 Å². The molecule has 0 aliphatic heterocycles. The highest BCUT2D eigenvalue weighted by molar-refractivity contribution is 5.36. The Labute approximate surface area is 88.3 Å². The van der Waals surface area contributed by atoms with Crippen LogP contribution in [0.1, 0.15) is 36.0 Å². The van der Waals surface area contributed by atoms with Crippen molar-refractivity contribution < 1.29 is 8.78 Å². The number of alkyl halides is 1. The molecule has 82 valence electrons. The molecule has 1 aromatic carbocycles. The molecule has 2 rings (SSSR count). The first-order chi connectivity index (χ1) is 7.07. The second kappa shape index (κ2) is 3.56. The lowest BCUT2D eigenvalue weighted by Crippen LogP contribution is -2.43. The van der Waals surface area contributed by atoms with Crippen LogP contribution >= 0.6 is 0 Å². The molecule has 1 aliphatic rings. The molecule has 0 spiro atoms. The van der Waals surface area contributed by atoms with E-state index >= 15 is 0 Å². The smallest absolute Gasteiger partial charge is 0.129 e. The SMILES string of the molecule is Cc1cc(C2(N)CCC2)cc(F)c1CF. The highest BCUT2D eigenvalue weighted by atomic mass is 19.1. The minimum absolute atomic E-state index is 0.154. The largest absolute Gasteiger partial charge is 0.321 e. The Morgan fingerprint density at radius 2 is 2.07 bits per heavy atom. The molecule has 0 amide bonds. The zero-order chi connectivity index (χ0) is 11.1. The molecule has 1 fully saturated rings. The lowest BCUT2D eigenvalue weighted by Gasteiger charge is -2.39. The summed E-state index contributed by atoms with van der Waals surface area (Å²) in [5.41, 5.74) is 7.34. The van der Waals surface area contributed by atoms with Crippen LogP contribution in [0.4, 0.5) is 8.78 Å². The summed E-state index contributed by atoms with van der Waals surface area (Å²) in [4.78, 5) is 0. The van der Waals surface area contributed by atoms with E-state index in [2.05, 4.69) is 0 Å². The van der Waals surface area contributed by atoms with Gasteiger partial charge in [0, 0.05) is 11.1 Å². The zero-order valence-corrected chi connectivity index (χ0v) is 8.82. The average molecular weight is 211 g/mol. The summed E-state index contributed by atoms with van der Waals surface area (Å²) < 4.78 is 26.0. The maximum Gasteiger partial charge on any atom is 0.129 e. The highest BCUT2D eigenvalue weighted by Crippen LogP contribution is 2.39. The summed E-state index contributed by atoms with van der Waals surface area (Å²) in [6.45, 7) is 0.971.